The number of nitrogens with zero attached hydrogens (tertiary/aromatic N) is 2. The minimum absolute atomic E-state index is 0.0313. The van der Waals surface area contributed by atoms with Crippen LogP contribution in [0.1, 0.15) is 56.9 Å². The van der Waals surface area contributed by atoms with E-state index in [1.54, 1.807) is 0 Å². The fourth-order valence-corrected chi connectivity index (χ4v) is 5.75. The van der Waals surface area contributed by atoms with Crippen LogP contribution >= 0.6 is 0 Å². The number of hydrogen-bond donors (Lipinski definition) is 0. The van der Waals surface area contributed by atoms with E-state index in [0.29, 0.717) is 24.7 Å². The number of likely N-dealkylation sites (tertiary alicyclic amines) is 1. The van der Waals surface area contributed by atoms with E-state index in [0.717, 1.165) is 38.4 Å². The van der Waals surface area contributed by atoms with Crippen LogP contribution in [-0.2, 0) is 10.0 Å². The molecule has 28 heavy (non-hydrogen) atoms. The van der Waals surface area contributed by atoms with Crippen LogP contribution in [0.5, 0.6) is 0 Å². The average Bonchev–Trinajstić information content (AvgIpc) is 2.65. The fraction of sp³-hybridized carbons (Fsp3) is 0.714. The molecule has 0 aromatic heterocycles. The highest BCUT2D eigenvalue weighted by Gasteiger charge is 2.33. The number of rotatable bonds is 6. The predicted molar refractivity (Wildman–Crippen MR) is 108 cm³/mol. The Hall–Kier alpha value is -1.05. The summed E-state index contributed by atoms with van der Waals surface area (Å²) in [4.78, 5) is 2.48. The Kier molecular flexibility index (Phi) is 7.10. The SMILES string of the molecule is C[C@H](C[C@@H](c1cc(F)cc(F)c1)C1CCN(S(C)(=O)=O)CC1)N1CCCCC1. The predicted octanol–water partition coefficient (Wildman–Crippen LogP) is 3.98. The first-order valence-electron chi connectivity index (χ1n) is 10.4. The van der Waals surface area contributed by atoms with Crippen molar-refractivity contribution in [3.05, 3.63) is 35.4 Å². The molecule has 2 fully saturated rings. The monoisotopic (exact) mass is 414 g/mol. The lowest BCUT2D eigenvalue weighted by atomic mass is 9.77. The molecule has 4 nitrogen and oxygen atoms in total. The van der Waals surface area contributed by atoms with E-state index in [4.69, 9.17) is 0 Å². The van der Waals surface area contributed by atoms with Crippen LogP contribution in [0.3, 0.4) is 0 Å². The van der Waals surface area contributed by atoms with E-state index in [1.807, 2.05) is 0 Å². The smallest absolute Gasteiger partial charge is 0.211 e. The van der Waals surface area contributed by atoms with Gasteiger partial charge >= 0.3 is 0 Å². The first-order chi connectivity index (χ1) is 13.2. The van der Waals surface area contributed by atoms with Crippen molar-refractivity contribution in [3.8, 4) is 0 Å². The lowest BCUT2D eigenvalue weighted by Gasteiger charge is -2.39. The molecule has 2 saturated heterocycles. The summed E-state index contributed by atoms with van der Waals surface area (Å²) in [6.45, 7) is 5.33. The van der Waals surface area contributed by atoms with Gasteiger partial charge in [-0.05, 0) is 81.6 Å². The van der Waals surface area contributed by atoms with Crippen LogP contribution in [0.2, 0.25) is 0 Å². The van der Waals surface area contributed by atoms with Gasteiger partial charge in [-0.2, -0.15) is 0 Å². The van der Waals surface area contributed by atoms with E-state index in [-0.39, 0.29) is 11.8 Å². The normalized spacial score (nSPS) is 22.9. The van der Waals surface area contributed by atoms with Gasteiger partial charge in [0.2, 0.25) is 10.0 Å². The highest BCUT2D eigenvalue weighted by Crippen LogP contribution is 2.38. The van der Waals surface area contributed by atoms with Crippen molar-refractivity contribution >= 4 is 10.0 Å². The molecule has 0 N–H and O–H groups in total. The molecular weight excluding hydrogens is 382 g/mol. The Morgan fingerprint density at radius 2 is 1.57 bits per heavy atom. The zero-order valence-electron chi connectivity index (χ0n) is 16.9. The molecule has 0 spiro atoms. The number of benzene rings is 1. The second-order valence-electron chi connectivity index (χ2n) is 8.49. The zero-order valence-corrected chi connectivity index (χ0v) is 17.7. The summed E-state index contributed by atoms with van der Waals surface area (Å²) < 4.78 is 53.0. The van der Waals surface area contributed by atoms with Crippen molar-refractivity contribution in [3.63, 3.8) is 0 Å². The molecule has 2 atom stereocenters. The molecule has 158 valence electrons. The van der Waals surface area contributed by atoms with Gasteiger partial charge in [0.1, 0.15) is 11.6 Å². The van der Waals surface area contributed by atoms with Gasteiger partial charge < -0.3 is 4.90 Å². The largest absolute Gasteiger partial charge is 0.301 e. The molecule has 0 amide bonds. The van der Waals surface area contributed by atoms with Gasteiger partial charge in [-0.1, -0.05) is 6.42 Å². The number of hydrogen-bond acceptors (Lipinski definition) is 3. The highest BCUT2D eigenvalue weighted by atomic mass is 32.2. The summed E-state index contributed by atoms with van der Waals surface area (Å²) in [5.74, 6) is -0.825. The Bertz CT molecular complexity index is 737. The van der Waals surface area contributed by atoms with Gasteiger partial charge in [0, 0.05) is 25.2 Å². The van der Waals surface area contributed by atoms with Crippen molar-refractivity contribution in [2.45, 2.75) is 57.4 Å². The Morgan fingerprint density at radius 3 is 2.11 bits per heavy atom. The topological polar surface area (TPSA) is 40.6 Å². The molecule has 7 heteroatoms. The van der Waals surface area contributed by atoms with Gasteiger partial charge in [-0.25, -0.2) is 21.5 Å². The summed E-state index contributed by atoms with van der Waals surface area (Å²) >= 11 is 0. The molecule has 0 unspecified atom stereocenters. The molecule has 2 heterocycles. The van der Waals surface area contributed by atoms with Crippen LogP contribution in [-0.4, -0.2) is 56.1 Å². The summed E-state index contributed by atoms with van der Waals surface area (Å²) in [5, 5.41) is 0. The van der Waals surface area contributed by atoms with Crippen LogP contribution < -0.4 is 0 Å². The van der Waals surface area contributed by atoms with Crippen LogP contribution in [0.15, 0.2) is 18.2 Å². The lowest BCUT2D eigenvalue weighted by molar-refractivity contribution is 0.143. The van der Waals surface area contributed by atoms with Crippen LogP contribution in [0.4, 0.5) is 8.78 Å². The molecule has 0 radical (unpaired) electrons. The average molecular weight is 415 g/mol. The second-order valence-corrected chi connectivity index (χ2v) is 10.5. The maximum absolute atomic E-state index is 13.9. The zero-order chi connectivity index (χ0) is 20.3. The van der Waals surface area contributed by atoms with E-state index < -0.39 is 21.7 Å². The highest BCUT2D eigenvalue weighted by molar-refractivity contribution is 7.88. The molecular formula is C21H32F2N2O2S. The van der Waals surface area contributed by atoms with Gasteiger partial charge in [0.05, 0.1) is 6.26 Å². The first kappa shape index (κ1) is 21.7. The minimum Gasteiger partial charge on any atom is -0.301 e. The third kappa shape index (κ3) is 5.51. The fourth-order valence-electron chi connectivity index (χ4n) is 4.88. The number of sulfonamides is 1. The molecule has 0 aliphatic carbocycles. The molecule has 1 aromatic rings. The first-order valence-corrected chi connectivity index (χ1v) is 12.2. The molecule has 2 aliphatic rings. The van der Waals surface area contributed by atoms with E-state index in [1.165, 1.54) is 42.0 Å². The molecule has 3 rings (SSSR count). The second kappa shape index (κ2) is 9.18. The van der Waals surface area contributed by atoms with Gasteiger partial charge in [0.15, 0.2) is 0 Å². The Labute approximate surface area is 168 Å². The van der Waals surface area contributed by atoms with E-state index >= 15 is 0 Å². The lowest BCUT2D eigenvalue weighted by Crippen LogP contribution is -2.41. The summed E-state index contributed by atoms with van der Waals surface area (Å²) in [7, 11) is -3.19. The van der Waals surface area contributed by atoms with Crippen molar-refractivity contribution in [2.24, 2.45) is 5.92 Å². The Balaban J connectivity index is 1.78. The number of halogens is 2. The molecule has 2 aliphatic heterocycles. The maximum Gasteiger partial charge on any atom is 0.211 e. The number of piperidine rings is 2. The third-order valence-electron chi connectivity index (χ3n) is 6.46. The Morgan fingerprint density at radius 1 is 1.00 bits per heavy atom. The van der Waals surface area contributed by atoms with E-state index in [2.05, 4.69) is 11.8 Å². The van der Waals surface area contributed by atoms with Crippen molar-refractivity contribution in [1.29, 1.82) is 0 Å². The summed E-state index contributed by atoms with van der Waals surface area (Å²) in [5.41, 5.74) is 0.708. The van der Waals surface area contributed by atoms with Gasteiger partial charge in [-0.15, -0.1) is 0 Å². The van der Waals surface area contributed by atoms with Gasteiger partial charge in [-0.3, -0.25) is 0 Å². The summed E-state index contributed by atoms with van der Waals surface area (Å²) in [6, 6.07) is 4.17. The van der Waals surface area contributed by atoms with Crippen LogP contribution in [0.25, 0.3) is 0 Å². The van der Waals surface area contributed by atoms with Gasteiger partial charge in [0.25, 0.3) is 0 Å². The summed E-state index contributed by atoms with van der Waals surface area (Å²) in [6.07, 6.45) is 7.21. The minimum atomic E-state index is -3.19. The van der Waals surface area contributed by atoms with Crippen molar-refractivity contribution < 1.29 is 17.2 Å². The third-order valence-corrected chi connectivity index (χ3v) is 7.76. The molecule has 0 bridgehead atoms. The van der Waals surface area contributed by atoms with E-state index in [9.17, 15) is 17.2 Å². The van der Waals surface area contributed by atoms with Crippen molar-refractivity contribution in [2.75, 3.05) is 32.4 Å². The quantitative estimate of drug-likeness (QED) is 0.707. The molecule has 1 aromatic carbocycles. The van der Waals surface area contributed by atoms with Crippen molar-refractivity contribution in [1.82, 2.24) is 9.21 Å². The standard InChI is InChI=1S/C21H32F2N2O2S/c1-16(24-8-4-3-5-9-24)12-21(18-13-19(22)15-20(23)14-18)17-6-10-25(11-7-17)28(2,26)27/h13-17,21H,3-12H2,1-2H3/t16-,21-/m1/s1. The van der Waals surface area contributed by atoms with Crippen LogP contribution in [0, 0.1) is 17.6 Å². The maximum atomic E-state index is 13.9. The molecule has 0 saturated carbocycles.